The minimum Gasteiger partial charge on any atom is -0.422 e. The Labute approximate surface area is 125 Å². The highest BCUT2D eigenvalue weighted by Crippen LogP contribution is 2.26. The zero-order valence-corrected chi connectivity index (χ0v) is 11.9. The molecule has 1 aromatic heterocycles. The summed E-state index contributed by atoms with van der Waals surface area (Å²) >= 11 is 5.88. The maximum Gasteiger partial charge on any atom is 0.355 e. The number of fused-ring (bicyclic) bond motifs is 1. The Morgan fingerprint density at radius 3 is 2.48 bits per heavy atom. The highest BCUT2D eigenvalue weighted by Gasteiger charge is 2.09. The minimum atomic E-state index is -0.555. The third-order valence-corrected chi connectivity index (χ3v) is 3.67. The van der Waals surface area contributed by atoms with E-state index in [0.717, 1.165) is 16.8 Å². The molecule has 0 radical (unpaired) electrons. The SMILES string of the molecule is Cc1c(Cl)c(=O)oc2cc(Nc3ccc(F)cc3)ccc12. The molecule has 0 saturated heterocycles. The molecule has 0 aliphatic heterocycles. The molecule has 3 aromatic rings. The minimum absolute atomic E-state index is 0.0988. The summed E-state index contributed by atoms with van der Waals surface area (Å²) in [7, 11) is 0. The zero-order chi connectivity index (χ0) is 15.0. The van der Waals surface area contributed by atoms with Crippen molar-refractivity contribution in [3.63, 3.8) is 0 Å². The number of anilines is 2. The molecule has 0 unspecified atom stereocenters. The summed E-state index contributed by atoms with van der Waals surface area (Å²) in [5.41, 5.74) is 2.06. The smallest absolute Gasteiger partial charge is 0.355 e. The second kappa shape index (κ2) is 5.22. The fourth-order valence-electron chi connectivity index (χ4n) is 2.11. The van der Waals surface area contributed by atoms with Crippen LogP contribution >= 0.6 is 11.6 Å². The Morgan fingerprint density at radius 2 is 1.76 bits per heavy atom. The lowest BCUT2D eigenvalue weighted by Gasteiger charge is -2.08. The average Bonchev–Trinajstić information content (AvgIpc) is 2.47. The molecule has 0 aliphatic rings. The van der Waals surface area contributed by atoms with E-state index in [4.69, 9.17) is 16.0 Å². The molecule has 0 aliphatic carbocycles. The monoisotopic (exact) mass is 303 g/mol. The molecule has 2 aromatic carbocycles. The molecule has 5 heteroatoms. The Morgan fingerprint density at radius 1 is 1.10 bits per heavy atom. The van der Waals surface area contributed by atoms with Gasteiger partial charge in [0, 0.05) is 22.8 Å². The highest BCUT2D eigenvalue weighted by molar-refractivity contribution is 6.31. The second-order valence-electron chi connectivity index (χ2n) is 4.67. The largest absolute Gasteiger partial charge is 0.422 e. The van der Waals surface area contributed by atoms with Crippen LogP contribution in [0.5, 0.6) is 0 Å². The first-order chi connectivity index (χ1) is 10.0. The molecule has 0 atom stereocenters. The van der Waals surface area contributed by atoms with Gasteiger partial charge in [-0.15, -0.1) is 0 Å². The molecular formula is C16H11ClFNO2. The molecule has 1 N–H and O–H groups in total. The molecule has 0 amide bonds. The van der Waals surface area contributed by atoms with Gasteiger partial charge in [-0.2, -0.15) is 0 Å². The Hall–Kier alpha value is -2.33. The van der Waals surface area contributed by atoms with Crippen molar-refractivity contribution in [3.05, 3.63) is 69.3 Å². The van der Waals surface area contributed by atoms with Crippen molar-refractivity contribution in [3.8, 4) is 0 Å². The quantitative estimate of drug-likeness (QED) is 0.701. The summed E-state index contributed by atoms with van der Waals surface area (Å²) in [5, 5.41) is 4.00. The van der Waals surface area contributed by atoms with E-state index < -0.39 is 5.63 Å². The average molecular weight is 304 g/mol. The Bertz CT molecular complexity index is 872. The van der Waals surface area contributed by atoms with Gasteiger partial charge in [-0.25, -0.2) is 9.18 Å². The first kappa shape index (κ1) is 13.6. The van der Waals surface area contributed by atoms with Crippen molar-refractivity contribution in [2.24, 2.45) is 0 Å². The summed E-state index contributed by atoms with van der Waals surface area (Å²) < 4.78 is 18.1. The number of nitrogens with one attached hydrogen (secondary N) is 1. The summed E-state index contributed by atoms with van der Waals surface area (Å²) in [4.78, 5) is 11.6. The first-order valence-electron chi connectivity index (χ1n) is 6.30. The lowest BCUT2D eigenvalue weighted by atomic mass is 10.1. The van der Waals surface area contributed by atoms with E-state index in [1.807, 2.05) is 12.1 Å². The number of halogens is 2. The molecule has 0 bridgehead atoms. The number of benzene rings is 2. The van der Waals surface area contributed by atoms with Crippen LogP contribution in [0.15, 0.2) is 51.7 Å². The van der Waals surface area contributed by atoms with Gasteiger partial charge in [0.25, 0.3) is 0 Å². The number of aryl methyl sites for hydroxylation is 1. The van der Waals surface area contributed by atoms with Crippen LogP contribution < -0.4 is 10.9 Å². The van der Waals surface area contributed by atoms with Crippen molar-refractivity contribution >= 4 is 33.9 Å². The van der Waals surface area contributed by atoms with Gasteiger partial charge in [0.05, 0.1) is 0 Å². The van der Waals surface area contributed by atoms with Gasteiger partial charge in [0.1, 0.15) is 16.4 Å². The van der Waals surface area contributed by atoms with Gasteiger partial charge in [0.2, 0.25) is 0 Å². The Balaban J connectivity index is 2.03. The maximum absolute atomic E-state index is 12.9. The molecule has 3 rings (SSSR count). The lowest BCUT2D eigenvalue weighted by Crippen LogP contribution is -2.02. The Kier molecular flexibility index (Phi) is 3.39. The third kappa shape index (κ3) is 2.62. The first-order valence-corrected chi connectivity index (χ1v) is 6.68. The summed E-state index contributed by atoms with van der Waals surface area (Å²) in [6.07, 6.45) is 0. The fourth-order valence-corrected chi connectivity index (χ4v) is 2.25. The standard InChI is InChI=1S/C16H11ClFNO2/c1-9-13-7-6-12(8-14(13)21-16(20)15(9)17)19-11-4-2-10(18)3-5-11/h2-8,19H,1H3. The van der Waals surface area contributed by atoms with E-state index in [9.17, 15) is 9.18 Å². The second-order valence-corrected chi connectivity index (χ2v) is 5.05. The van der Waals surface area contributed by atoms with Crippen molar-refractivity contribution in [1.82, 2.24) is 0 Å². The normalized spacial score (nSPS) is 10.8. The molecule has 0 saturated carbocycles. The van der Waals surface area contributed by atoms with Crippen LogP contribution in [0.1, 0.15) is 5.56 Å². The van der Waals surface area contributed by atoms with Gasteiger partial charge in [-0.3, -0.25) is 0 Å². The van der Waals surface area contributed by atoms with Crippen molar-refractivity contribution in [2.45, 2.75) is 6.92 Å². The molecule has 0 fully saturated rings. The molecule has 106 valence electrons. The van der Waals surface area contributed by atoms with Crippen LogP contribution in [-0.4, -0.2) is 0 Å². The van der Waals surface area contributed by atoms with E-state index in [1.54, 1.807) is 25.1 Å². The third-order valence-electron chi connectivity index (χ3n) is 3.23. The van der Waals surface area contributed by atoms with Crippen molar-refractivity contribution in [1.29, 1.82) is 0 Å². The number of hydrogen-bond acceptors (Lipinski definition) is 3. The zero-order valence-electron chi connectivity index (χ0n) is 11.1. The topological polar surface area (TPSA) is 42.2 Å². The lowest BCUT2D eigenvalue weighted by molar-refractivity contribution is 0.560. The predicted octanol–water partition coefficient (Wildman–Crippen LogP) is 4.64. The van der Waals surface area contributed by atoms with Crippen molar-refractivity contribution < 1.29 is 8.81 Å². The molecule has 3 nitrogen and oxygen atoms in total. The number of hydrogen-bond donors (Lipinski definition) is 1. The van der Waals surface area contributed by atoms with Gasteiger partial charge < -0.3 is 9.73 Å². The molecule has 21 heavy (non-hydrogen) atoms. The van der Waals surface area contributed by atoms with Crippen LogP contribution in [0.25, 0.3) is 11.0 Å². The van der Waals surface area contributed by atoms with E-state index >= 15 is 0 Å². The maximum atomic E-state index is 12.9. The van der Waals surface area contributed by atoms with E-state index in [-0.39, 0.29) is 10.8 Å². The summed E-state index contributed by atoms with van der Waals surface area (Å²) in [6.45, 7) is 1.77. The molecule has 1 heterocycles. The van der Waals surface area contributed by atoms with E-state index in [1.165, 1.54) is 12.1 Å². The van der Waals surface area contributed by atoms with E-state index in [2.05, 4.69) is 5.32 Å². The van der Waals surface area contributed by atoms with Gasteiger partial charge >= 0.3 is 5.63 Å². The van der Waals surface area contributed by atoms with E-state index in [0.29, 0.717) is 11.1 Å². The predicted molar refractivity (Wildman–Crippen MR) is 81.9 cm³/mol. The van der Waals surface area contributed by atoms with Crippen LogP contribution in [0, 0.1) is 12.7 Å². The van der Waals surface area contributed by atoms with Gasteiger partial charge in [-0.1, -0.05) is 11.6 Å². The molecule has 0 spiro atoms. The van der Waals surface area contributed by atoms with Crippen LogP contribution in [0.3, 0.4) is 0 Å². The highest BCUT2D eigenvalue weighted by atomic mass is 35.5. The summed E-state index contributed by atoms with van der Waals surface area (Å²) in [5.74, 6) is -0.296. The summed E-state index contributed by atoms with van der Waals surface area (Å²) in [6, 6.07) is 11.4. The van der Waals surface area contributed by atoms with Crippen LogP contribution in [0.2, 0.25) is 5.02 Å². The van der Waals surface area contributed by atoms with Gasteiger partial charge in [0.15, 0.2) is 0 Å². The van der Waals surface area contributed by atoms with Crippen LogP contribution in [-0.2, 0) is 0 Å². The van der Waals surface area contributed by atoms with Gasteiger partial charge in [-0.05, 0) is 48.9 Å². The van der Waals surface area contributed by atoms with Crippen molar-refractivity contribution in [2.75, 3.05) is 5.32 Å². The van der Waals surface area contributed by atoms with Crippen LogP contribution in [0.4, 0.5) is 15.8 Å². The fraction of sp³-hybridized carbons (Fsp3) is 0.0625. The number of rotatable bonds is 2. The molecular weight excluding hydrogens is 293 g/mol.